The number of aromatic hydroxyl groups is 3. The zero-order chi connectivity index (χ0) is 43.7. The number of rotatable bonds is 9. The average Bonchev–Trinajstić information content (AvgIpc) is 3.18. The van der Waals surface area contributed by atoms with Gasteiger partial charge in [0.25, 0.3) is 0 Å². The van der Waals surface area contributed by atoms with Crippen LogP contribution in [0.1, 0.15) is 115 Å². The highest BCUT2D eigenvalue weighted by molar-refractivity contribution is 6.31. The van der Waals surface area contributed by atoms with Gasteiger partial charge in [0, 0.05) is 42.9 Å². The third kappa shape index (κ3) is 7.70. The van der Waals surface area contributed by atoms with Gasteiger partial charge in [-0.3, -0.25) is 14.4 Å². The van der Waals surface area contributed by atoms with E-state index >= 15 is 0 Å². The Morgan fingerprint density at radius 1 is 0.800 bits per heavy atom. The number of carbonyl (C=O) groups excluding carboxylic acids is 3. The Morgan fingerprint density at radius 2 is 1.35 bits per heavy atom. The van der Waals surface area contributed by atoms with Crippen LogP contribution in [0.3, 0.4) is 0 Å². The highest BCUT2D eigenvalue weighted by atomic mass is 16.7. The van der Waals surface area contributed by atoms with Crippen molar-refractivity contribution in [2.75, 3.05) is 21.2 Å². The number of phenolic OH excluding ortho intramolecular Hbond substituents is 3. The van der Waals surface area contributed by atoms with Gasteiger partial charge in [0.05, 0.1) is 66.0 Å². The predicted molar refractivity (Wildman–Crippen MR) is 205 cm³/mol. The maximum Gasteiger partial charge on any atom is 0.316 e. The van der Waals surface area contributed by atoms with Crippen LogP contribution in [0.4, 0.5) is 0 Å². The summed E-state index contributed by atoms with van der Waals surface area (Å²) >= 11 is 0. The minimum atomic E-state index is -1.82. The van der Waals surface area contributed by atoms with Crippen molar-refractivity contribution in [3.63, 3.8) is 0 Å². The van der Waals surface area contributed by atoms with Crippen LogP contribution in [0.25, 0.3) is 0 Å². The number of hydrogen-bond donors (Lipinski definition) is 7. The second-order valence-electron chi connectivity index (χ2n) is 16.8. The second kappa shape index (κ2) is 16.8. The molecule has 3 saturated heterocycles. The number of aliphatic hydroxyl groups is 4. The van der Waals surface area contributed by atoms with E-state index in [1.54, 1.807) is 27.7 Å². The summed E-state index contributed by atoms with van der Waals surface area (Å²) in [5, 5.41) is 76.8. The molecule has 7 N–H and O–H groups in total. The molecule has 18 nitrogen and oxygen atoms in total. The van der Waals surface area contributed by atoms with Crippen LogP contribution in [0.15, 0.2) is 18.2 Å². The molecule has 3 heterocycles. The molecular formula is C42H55NO17. The van der Waals surface area contributed by atoms with Crippen LogP contribution in [0.5, 0.6) is 17.2 Å². The lowest BCUT2D eigenvalue weighted by Gasteiger charge is -2.48. The Balaban J connectivity index is 1.14. The largest absolute Gasteiger partial charge is 0.507 e. The van der Waals surface area contributed by atoms with Gasteiger partial charge in [-0.1, -0.05) is 6.92 Å². The minimum Gasteiger partial charge on any atom is -0.507 e. The molecule has 0 saturated carbocycles. The second-order valence-corrected chi connectivity index (χ2v) is 16.8. The van der Waals surface area contributed by atoms with Crippen molar-refractivity contribution in [3.05, 3.63) is 51.6 Å². The van der Waals surface area contributed by atoms with Gasteiger partial charge in [-0.15, -0.1) is 0 Å². The fourth-order valence-corrected chi connectivity index (χ4v) is 9.51. The fraction of sp³-hybridized carbons (Fsp3) is 0.643. The number of esters is 1. The topological polar surface area (TPSA) is 261 Å². The van der Waals surface area contributed by atoms with Crippen molar-refractivity contribution in [2.24, 2.45) is 0 Å². The molecule has 15 atom stereocenters. The molecule has 18 heteroatoms. The van der Waals surface area contributed by atoms with E-state index in [1.807, 2.05) is 19.0 Å². The molecular weight excluding hydrogens is 790 g/mol. The van der Waals surface area contributed by atoms with Crippen LogP contribution in [-0.2, 0) is 38.0 Å². The van der Waals surface area contributed by atoms with Crippen molar-refractivity contribution in [3.8, 4) is 17.2 Å². The first kappa shape index (κ1) is 44.3. The fourth-order valence-electron chi connectivity index (χ4n) is 9.51. The molecule has 2 aliphatic carbocycles. The number of methoxy groups -OCH3 is 1. The van der Waals surface area contributed by atoms with Crippen molar-refractivity contribution >= 4 is 17.5 Å². The van der Waals surface area contributed by atoms with Gasteiger partial charge in [-0.05, 0) is 65.0 Å². The monoisotopic (exact) mass is 845 g/mol. The van der Waals surface area contributed by atoms with E-state index in [4.69, 9.17) is 33.2 Å². The van der Waals surface area contributed by atoms with Crippen LogP contribution in [-0.4, -0.2) is 159 Å². The Bertz CT molecular complexity index is 1970. The molecule has 12 unspecified atom stereocenters. The molecule has 0 aromatic heterocycles. The Hall–Kier alpha value is -3.79. The van der Waals surface area contributed by atoms with E-state index in [9.17, 15) is 50.1 Å². The van der Waals surface area contributed by atoms with Gasteiger partial charge < -0.3 is 73.8 Å². The highest BCUT2D eigenvalue weighted by Crippen LogP contribution is 2.54. The van der Waals surface area contributed by atoms with Crippen LogP contribution < -0.4 is 0 Å². The van der Waals surface area contributed by atoms with E-state index in [2.05, 4.69) is 0 Å². The van der Waals surface area contributed by atoms with Crippen LogP contribution in [0, 0.1) is 0 Å². The minimum absolute atomic E-state index is 0.0140. The molecule has 2 aromatic rings. The van der Waals surface area contributed by atoms with E-state index < -0.39 is 137 Å². The molecule has 0 spiro atoms. The lowest BCUT2D eigenvalue weighted by Crippen LogP contribution is -2.58. The molecule has 330 valence electrons. The number of aliphatic hydroxyl groups excluding tert-OH is 3. The molecule has 2 aromatic carbocycles. The van der Waals surface area contributed by atoms with Crippen LogP contribution >= 0.6 is 0 Å². The maximum atomic E-state index is 14.0. The van der Waals surface area contributed by atoms with Crippen LogP contribution in [0.2, 0.25) is 0 Å². The molecule has 0 amide bonds. The smallest absolute Gasteiger partial charge is 0.316 e. The first-order valence-electron chi connectivity index (χ1n) is 20.3. The van der Waals surface area contributed by atoms with Crippen molar-refractivity contribution < 1.29 is 83.3 Å². The molecule has 5 aliphatic rings. The molecule has 3 fully saturated rings. The zero-order valence-electron chi connectivity index (χ0n) is 34.5. The molecule has 0 bridgehead atoms. The molecule has 3 aliphatic heterocycles. The number of ketones is 2. The van der Waals surface area contributed by atoms with Crippen molar-refractivity contribution in [1.82, 2.24) is 4.90 Å². The summed E-state index contributed by atoms with van der Waals surface area (Å²) in [4.78, 5) is 43.2. The maximum absolute atomic E-state index is 14.0. The lowest BCUT2D eigenvalue weighted by atomic mass is 9.67. The Labute approximate surface area is 346 Å². The van der Waals surface area contributed by atoms with E-state index in [1.165, 1.54) is 6.07 Å². The number of fused-ring (bicyclic) bond motifs is 3. The number of hydrogen-bond acceptors (Lipinski definition) is 18. The molecule has 7 rings (SSSR count). The molecule has 60 heavy (non-hydrogen) atoms. The third-order valence-corrected chi connectivity index (χ3v) is 12.8. The van der Waals surface area contributed by atoms with E-state index in [0.29, 0.717) is 0 Å². The van der Waals surface area contributed by atoms with Crippen molar-refractivity contribution in [1.29, 1.82) is 0 Å². The number of carbonyl (C=O) groups is 3. The number of nitrogens with zero attached hydrogens (tertiary/aromatic N) is 1. The van der Waals surface area contributed by atoms with Gasteiger partial charge in [0.2, 0.25) is 5.78 Å². The number of likely N-dealkylation sites (N-methyl/N-ethyl adjacent to an activating group) is 1. The summed E-state index contributed by atoms with van der Waals surface area (Å²) in [6.07, 6.45) is -10.5. The molecule has 0 radical (unpaired) electrons. The average molecular weight is 846 g/mol. The summed E-state index contributed by atoms with van der Waals surface area (Å²) in [6, 6.07) is 2.97. The summed E-state index contributed by atoms with van der Waals surface area (Å²) in [5.74, 6) is -5.94. The zero-order valence-corrected chi connectivity index (χ0v) is 34.5. The first-order chi connectivity index (χ1) is 28.3. The Morgan fingerprint density at radius 3 is 1.92 bits per heavy atom. The van der Waals surface area contributed by atoms with Crippen molar-refractivity contribution in [2.45, 2.75) is 151 Å². The first-order valence-corrected chi connectivity index (χ1v) is 20.3. The van der Waals surface area contributed by atoms with Gasteiger partial charge in [0.1, 0.15) is 41.5 Å². The SMILES string of the molecule is CC[C@@]1(O)C[C@H](OC2CC(N(C)C)C(OC3CC(O)C(OC4CC(O)C(O)C(C)O4)C(C)O3)C(C)O2)c2c(cc3c(c2O)C(=O)c2c(O)ccc(O)c2C3=O)[C@H]1C(=O)OC. The number of benzene rings is 2. The number of ether oxygens (including phenoxy) is 7. The van der Waals surface area contributed by atoms with E-state index in [-0.39, 0.29) is 54.8 Å². The van der Waals surface area contributed by atoms with Gasteiger partial charge in [0.15, 0.2) is 24.7 Å². The lowest BCUT2D eigenvalue weighted by molar-refractivity contribution is -0.332. The predicted octanol–water partition coefficient (Wildman–Crippen LogP) is 1.63. The normalized spacial score (nSPS) is 37.9. The summed E-state index contributed by atoms with van der Waals surface area (Å²) in [6.45, 7) is 6.77. The number of phenols is 3. The summed E-state index contributed by atoms with van der Waals surface area (Å²) < 4.78 is 42.5. The van der Waals surface area contributed by atoms with Gasteiger partial charge >= 0.3 is 5.97 Å². The highest BCUT2D eigenvalue weighted by Gasteiger charge is 2.54. The summed E-state index contributed by atoms with van der Waals surface area (Å²) in [5.41, 5.74) is -3.64. The quantitative estimate of drug-likeness (QED) is 0.119. The third-order valence-electron chi connectivity index (χ3n) is 12.8. The summed E-state index contributed by atoms with van der Waals surface area (Å²) in [7, 11) is 4.82. The van der Waals surface area contributed by atoms with Gasteiger partial charge in [-0.25, -0.2) is 0 Å². The van der Waals surface area contributed by atoms with E-state index in [0.717, 1.165) is 19.2 Å². The van der Waals surface area contributed by atoms with Gasteiger partial charge in [-0.2, -0.15) is 0 Å². The standard InChI is InChI=1S/C42H55NO17/c1-8-42(53)15-26(30-19(34(42)41(52)54-7)11-20-31(37(30)50)38(51)33-23(45)10-9-22(44)32(33)36(20)49)58-27-12-21(43(5)6)39(17(3)56-27)59-29-14-25(47)40(18(4)57-29)60-28-13-24(46)35(48)16(2)55-28/h9-11,16-18,21,24-29,34-35,39-40,44-48,50,53H,8,12-15H2,1-7H3/t16?,17?,18?,21?,24?,25?,26-,27?,28?,29?,34-,35?,39?,40?,42+/m0/s1. The Kier molecular flexibility index (Phi) is 12.4.